The second-order valence-electron chi connectivity index (χ2n) is 7.46. The zero-order valence-electron chi connectivity index (χ0n) is 18.0. The Morgan fingerprint density at radius 3 is 2.29 bits per heavy atom. The van der Waals surface area contributed by atoms with Crippen molar-refractivity contribution < 1.29 is 14.3 Å². The first kappa shape index (κ1) is 24.8. The van der Waals surface area contributed by atoms with Crippen LogP contribution in [0, 0.1) is 5.92 Å². The van der Waals surface area contributed by atoms with E-state index >= 15 is 0 Å². The Bertz CT molecular complexity index is 917. The monoisotopic (exact) mass is 505 g/mol. The predicted octanol–water partition coefficient (Wildman–Crippen LogP) is 5.74. The quantitative estimate of drug-likeness (QED) is 0.378. The molecule has 2 aromatic carbocycles. The Morgan fingerprint density at radius 1 is 1.06 bits per heavy atom. The zero-order valence-corrected chi connectivity index (χ0v) is 20.4. The molecule has 0 aliphatic carbocycles. The Hall–Kier alpha value is -2.45. The fourth-order valence-corrected chi connectivity index (χ4v) is 3.29. The van der Waals surface area contributed by atoms with Crippen LogP contribution in [0.5, 0.6) is 5.75 Å². The first-order chi connectivity index (χ1) is 14.8. The van der Waals surface area contributed by atoms with Crippen molar-refractivity contribution >= 4 is 56.4 Å². The molecule has 8 heteroatoms. The van der Waals surface area contributed by atoms with Gasteiger partial charge in [-0.15, -0.1) is 0 Å². The van der Waals surface area contributed by atoms with Gasteiger partial charge in [-0.2, -0.15) is 0 Å². The number of carbonyl (C=O) groups is 2. The van der Waals surface area contributed by atoms with Gasteiger partial charge in [-0.1, -0.05) is 20.8 Å². The summed E-state index contributed by atoms with van der Waals surface area (Å²) in [6.45, 7) is 6.86. The topological polar surface area (TPSA) is 79.5 Å². The average molecular weight is 506 g/mol. The Kier molecular flexibility index (Phi) is 9.94. The molecule has 0 aliphatic heterocycles. The maximum atomic E-state index is 12.5. The largest absolute Gasteiger partial charge is 0.492 e. The summed E-state index contributed by atoms with van der Waals surface area (Å²) >= 11 is 8.69. The van der Waals surface area contributed by atoms with Gasteiger partial charge in [0.2, 0.25) is 5.91 Å². The van der Waals surface area contributed by atoms with Crippen molar-refractivity contribution in [3.05, 3.63) is 52.5 Å². The van der Waals surface area contributed by atoms with Gasteiger partial charge in [0.05, 0.1) is 11.1 Å². The van der Waals surface area contributed by atoms with Crippen molar-refractivity contribution in [1.29, 1.82) is 0 Å². The average Bonchev–Trinajstić information content (AvgIpc) is 2.70. The molecule has 0 aliphatic rings. The maximum Gasteiger partial charge on any atom is 0.257 e. The maximum absolute atomic E-state index is 12.5. The highest BCUT2D eigenvalue weighted by Crippen LogP contribution is 2.26. The van der Waals surface area contributed by atoms with E-state index in [-0.39, 0.29) is 16.9 Å². The van der Waals surface area contributed by atoms with Crippen LogP contribution in [0.25, 0.3) is 0 Å². The molecule has 0 saturated carbocycles. The van der Waals surface area contributed by atoms with Gasteiger partial charge in [0.15, 0.2) is 5.11 Å². The number of benzene rings is 2. The number of ether oxygens (including phenoxy) is 1. The molecule has 6 nitrogen and oxygen atoms in total. The molecule has 31 heavy (non-hydrogen) atoms. The summed E-state index contributed by atoms with van der Waals surface area (Å²) in [4.78, 5) is 24.1. The standard InChI is InChI=1S/C23H28BrN3O3S/c1-4-5-21(28)25-17-7-9-18(10-8-17)26-23(31)27-22(29)16-6-11-20(19(24)14-16)30-13-12-15(2)3/h6-11,14-15H,4-5,12-13H2,1-3H3,(H,25,28)(H2,26,27,29,31). The highest BCUT2D eigenvalue weighted by atomic mass is 79.9. The minimum absolute atomic E-state index is 0.0199. The van der Waals surface area contributed by atoms with E-state index in [2.05, 4.69) is 45.7 Å². The van der Waals surface area contributed by atoms with E-state index in [1.165, 1.54) is 0 Å². The summed E-state index contributed by atoms with van der Waals surface area (Å²) in [5.41, 5.74) is 1.87. The smallest absolute Gasteiger partial charge is 0.257 e. The van der Waals surface area contributed by atoms with Crippen LogP contribution in [-0.4, -0.2) is 23.5 Å². The van der Waals surface area contributed by atoms with Crippen LogP contribution in [0.4, 0.5) is 11.4 Å². The van der Waals surface area contributed by atoms with E-state index in [0.717, 1.165) is 12.8 Å². The number of hydrogen-bond acceptors (Lipinski definition) is 4. The molecule has 0 radical (unpaired) electrons. The summed E-state index contributed by atoms with van der Waals surface area (Å²) in [6, 6.07) is 12.3. The number of anilines is 2. The summed E-state index contributed by atoms with van der Waals surface area (Å²) in [6.07, 6.45) is 2.24. The number of carbonyl (C=O) groups excluding carboxylic acids is 2. The molecule has 0 unspecified atom stereocenters. The van der Waals surface area contributed by atoms with Crippen LogP contribution < -0.4 is 20.7 Å². The molecule has 2 rings (SSSR count). The van der Waals surface area contributed by atoms with Gasteiger partial charge in [0, 0.05) is 23.4 Å². The number of amides is 2. The van der Waals surface area contributed by atoms with Gasteiger partial charge in [-0.25, -0.2) is 0 Å². The van der Waals surface area contributed by atoms with Crippen molar-refractivity contribution in [1.82, 2.24) is 5.32 Å². The molecule has 166 valence electrons. The van der Waals surface area contributed by atoms with E-state index in [9.17, 15) is 9.59 Å². The number of halogens is 1. The lowest BCUT2D eigenvalue weighted by atomic mass is 10.1. The van der Waals surface area contributed by atoms with Gasteiger partial charge in [0.25, 0.3) is 5.91 Å². The van der Waals surface area contributed by atoms with Crippen LogP contribution in [0.1, 0.15) is 50.4 Å². The summed E-state index contributed by atoms with van der Waals surface area (Å²) in [5.74, 6) is 0.918. The molecule has 0 bridgehead atoms. The van der Waals surface area contributed by atoms with E-state index in [4.69, 9.17) is 17.0 Å². The summed E-state index contributed by atoms with van der Waals surface area (Å²) in [5, 5.41) is 8.63. The fourth-order valence-electron chi connectivity index (χ4n) is 2.59. The summed E-state index contributed by atoms with van der Waals surface area (Å²) in [7, 11) is 0. The molecule has 0 atom stereocenters. The highest BCUT2D eigenvalue weighted by Gasteiger charge is 2.11. The lowest BCUT2D eigenvalue weighted by molar-refractivity contribution is -0.116. The van der Waals surface area contributed by atoms with E-state index in [1.807, 2.05) is 6.92 Å². The van der Waals surface area contributed by atoms with E-state index in [0.29, 0.717) is 46.1 Å². The molecule has 2 amide bonds. The van der Waals surface area contributed by atoms with Gasteiger partial charge < -0.3 is 15.4 Å². The first-order valence-electron chi connectivity index (χ1n) is 10.2. The van der Waals surface area contributed by atoms with Crippen molar-refractivity contribution in [3.8, 4) is 5.75 Å². The molecule has 0 fully saturated rings. The lowest BCUT2D eigenvalue weighted by Crippen LogP contribution is -2.34. The number of rotatable bonds is 9. The molecule has 0 heterocycles. The van der Waals surface area contributed by atoms with E-state index in [1.54, 1.807) is 42.5 Å². The third-order valence-electron chi connectivity index (χ3n) is 4.28. The third-order valence-corrected chi connectivity index (χ3v) is 5.10. The Morgan fingerprint density at radius 2 is 1.71 bits per heavy atom. The normalized spacial score (nSPS) is 10.5. The van der Waals surface area contributed by atoms with Crippen molar-refractivity contribution in [2.24, 2.45) is 5.92 Å². The molecule has 2 aromatic rings. The van der Waals surface area contributed by atoms with Crippen molar-refractivity contribution in [2.45, 2.75) is 40.0 Å². The Labute approximate surface area is 197 Å². The lowest BCUT2D eigenvalue weighted by Gasteiger charge is -2.12. The van der Waals surface area contributed by atoms with Crippen molar-refractivity contribution in [3.63, 3.8) is 0 Å². The Balaban J connectivity index is 1.88. The minimum atomic E-state index is -0.324. The number of hydrogen-bond donors (Lipinski definition) is 3. The molecular formula is C23H28BrN3O3S. The first-order valence-corrected chi connectivity index (χ1v) is 11.4. The molecular weight excluding hydrogens is 478 g/mol. The molecule has 0 aromatic heterocycles. The van der Waals surface area contributed by atoms with E-state index < -0.39 is 0 Å². The van der Waals surface area contributed by atoms with Gasteiger partial charge in [-0.05, 0) is 89.4 Å². The third kappa shape index (κ3) is 8.67. The SMILES string of the molecule is CCCC(=O)Nc1ccc(NC(=S)NC(=O)c2ccc(OCCC(C)C)c(Br)c2)cc1. The van der Waals surface area contributed by atoms with Crippen molar-refractivity contribution in [2.75, 3.05) is 17.2 Å². The van der Waals surface area contributed by atoms with Gasteiger partial charge in [0.1, 0.15) is 5.75 Å². The zero-order chi connectivity index (χ0) is 22.8. The molecule has 0 saturated heterocycles. The number of nitrogens with one attached hydrogen (secondary N) is 3. The fraction of sp³-hybridized carbons (Fsp3) is 0.348. The van der Waals surface area contributed by atoms with Gasteiger partial charge in [-0.3, -0.25) is 14.9 Å². The highest BCUT2D eigenvalue weighted by molar-refractivity contribution is 9.10. The van der Waals surface area contributed by atoms with Crippen LogP contribution in [-0.2, 0) is 4.79 Å². The van der Waals surface area contributed by atoms with Gasteiger partial charge >= 0.3 is 0 Å². The van der Waals surface area contributed by atoms with Crippen LogP contribution >= 0.6 is 28.1 Å². The van der Waals surface area contributed by atoms with Crippen LogP contribution in [0.15, 0.2) is 46.9 Å². The molecule has 3 N–H and O–H groups in total. The second kappa shape index (κ2) is 12.4. The van der Waals surface area contributed by atoms with Crippen LogP contribution in [0.3, 0.4) is 0 Å². The summed E-state index contributed by atoms with van der Waals surface area (Å²) < 4.78 is 6.46. The minimum Gasteiger partial charge on any atom is -0.492 e. The number of thiocarbonyl (C=S) groups is 1. The second-order valence-corrected chi connectivity index (χ2v) is 8.72. The predicted molar refractivity (Wildman–Crippen MR) is 133 cm³/mol. The van der Waals surface area contributed by atoms with Crippen LogP contribution in [0.2, 0.25) is 0 Å². The molecule has 0 spiro atoms.